The highest BCUT2D eigenvalue weighted by atomic mass is 32.1. The van der Waals surface area contributed by atoms with Gasteiger partial charge in [0.1, 0.15) is 0 Å². The summed E-state index contributed by atoms with van der Waals surface area (Å²) in [5, 5.41) is 2.39. The number of benzene rings is 1. The fourth-order valence-corrected chi connectivity index (χ4v) is 2.74. The van der Waals surface area contributed by atoms with Crippen molar-refractivity contribution < 1.29 is 9.53 Å². The summed E-state index contributed by atoms with van der Waals surface area (Å²) in [5.41, 5.74) is 9.96. The van der Waals surface area contributed by atoms with Crippen LogP contribution in [0, 0.1) is 0 Å². The largest absolute Gasteiger partial charge is 0.379 e. The Morgan fingerprint density at radius 2 is 2.21 bits per heavy atom. The molecule has 3 N–H and O–H groups in total. The monoisotopic (exact) mass is 278 g/mol. The first kappa shape index (κ1) is 12.3. The number of nitrogens with zero attached hydrogens (tertiary/aromatic N) is 2. The lowest BCUT2D eigenvalue weighted by atomic mass is 10.2. The van der Waals surface area contributed by atoms with Crippen LogP contribution >= 0.6 is 11.3 Å². The summed E-state index contributed by atoms with van der Waals surface area (Å²) in [6, 6.07) is 5.40. The molecule has 1 aromatic carbocycles. The van der Waals surface area contributed by atoms with Crippen molar-refractivity contribution in [3.05, 3.63) is 23.8 Å². The first-order valence-electron chi connectivity index (χ1n) is 6.02. The van der Waals surface area contributed by atoms with Crippen molar-refractivity contribution in [3.63, 3.8) is 0 Å². The average molecular weight is 278 g/mol. The van der Waals surface area contributed by atoms with Crippen LogP contribution in [0.1, 0.15) is 10.4 Å². The maximum atomic E-state index is 12.1. The van der Waals surface area contributed by atoms with Crippen LogP contribution in [0.5, 0.6) is 0 Å². The smallest absolute Gasteiger partial charge is 0.265 e. The fraction of sp³-hybridized carbons (Fsp3) is 0.333. The standard InChI is InChI=1S/C12H14N4O2S/c13-12-14-9-2-1-8(7-10(9)19-12)11(17)15-16-3-5-18-6-4-16/h1-2,7H,3-6H2,(H2,13,14)(H,15,17). The minimum absolute atomic E-state index is 0.115. The summed E-state index contributed by atoms with van der Waals surface area (Å²) in [6.45, 7) is 2.71. The molecule has 1 aromatic heterocycles. The molecule has 19 heavy (non-hydrogen) atoms. The molecule has 2 aromatic rings. The molecule has 2 heterocycles. The van der Waals surface area contributed by atoms with E-state index in [-0.39, 0.29) is 5.91 Å². The summed E-state index contributed by atoms with van der Waals surface area (Å²) >= 11 is 1.38. The van der Waals surface area contributed by atoms with Gasteiger partial charge in [0.15, 0.2) is 5.13 Å². The Balaban J connectivity index is 1.76. The molecular formula is C12H14N4O2S. The second-order valence-electron chi connectivity index (χ2n) is 4.27. The molecule has 7 heteroatoms. The molecule has 1 aliphatic rings. The number of carbonyl (C=O) groups excluding carboxylic acids is 1. The average Bonchev–Trinajstić information content (AvgIpc) is 2.78. The second-order valence-corrected chi connectivity index (χ2v) is 5.34. The van der Waals surface area contributed by atoms with Crippen molar-refractivity contribution in [2.45, 2.75) is 0 Å². The van der Waals surface area contributed by atoms with Crippen LogP contribution in [0.25, 0.3) is 10.2 Å². The maximum Gasteiger partial charge on any atom is 0.265 e. The van der Waals surface area contributed by atoms with E-state index >= 15 is 0 Å². The lowest BCUT2D eigenvalue weighted by molar-refractivity contribution is 0.0126. The highest BCUT2D eigenvalue weighted by Crippen LogP contribution is 2.24. The number of hydrogen-bond acceptors (Lipinski definition) is 6. The molecule has 3 rings (SSSR count). The fourth-order valence-electron chi connectivity index (χ4n) is 1.97. The van der Waals surface area contributed by atoms with Crippen LogP contribution in [0.3, 0.4) is 0 Å². The third kappa shape index (κ3) is 2.67. The predicted octanol–water partition coefficient (Wildman–Crippen LogP) is 0.855. The summed E-state index contributed by atoms with van der Waals surface area (Å²) in [7, 11) is 0. The molecule has 0 spiro atoms. The Morgan fingerprint density at radius 1 is 1.42 bits per heavy atom. The van der Waals surface area contributed by atoms with Gasteiger partial charge in [-0.2, -0.15) is 0 Å². The number of thiazole rings is 1. The lowest BCUT2D eigenvalue weighted by Gasteiger charge is -2.26. The Labute approximate surface area is 114 Å². The van der Waals surface area contributed by atoms with Gasteiger partial charge in [-0.15, -0.1) is 0 Å². The Kier molecular flexibility index (Phi) is 3.33. The van der Waals surface area contributed by atoms with Crippen molar-refractivity contribution in [2.24, 2.45) is 0 Å². The third-order valence-corrected chi connectivity index (χ3v) is 3.79. The third-order valence-electron chi connectivity index (χ3n) is 2.94. The molecule has 1 aliphatic heterocycles. The van der Waals surface area contributed by atoms with Crippen LogP contribution in [-0.4, -0.2) is 42.2 Å². The van der Waals surface area contributed by atoms with E-state index in [0.29, 0.717) is 37.0 Å². The number of carbonyl (C=O) groups is 1. The van der Waals surface area contributed by atoms with Crippen molar-refractivity contribution in [2.75, 3.05) is 32.0 Å². The number of aromatic nitrogens is 1. The number of nitrogens with one attached hydrogen (secondary N) is 1. The van der Waals surface area contributed by atoms with E-state index in [1.165, 1.54) is 11.3 Å². The minimum Gasteiger partial charge on any atom is -0.379 e. The van der Waals surface area contributed by atoms with Crippen molar-refractivity contribution in [1.29, 1.82) is 0 Å². The van der Waals surface area contributed by atoms with Gasteiger partial charge in [-0.25, -0.2) is 9.99 Å². The number of fused-ring (bicyclic) bond motifs is 1. The lowest BCUT2D eigenvalue weighted by Crippen LogP contribution is -2.48. The SMILES string of the molecule is Nc1nc2ccc(C(=O)NN3CCOCC3)cc2s1. The Bertz CT molecular complexity index is 607. The van der Waals surface area contributed by atoms with Gasteiger partial charge >= 0.3 is 0 Å². The zero-order valence-corrected chi connectivity index (χ0v) is 11.1. The highest BCUT2D eigenvalue weighted by molar-refractivity contribution is 7.22. The van der Waals surface area contributed by atoms with Gasteiger partial charge in [-0.1, -0.05) is 11.3 Å². The maximum absolute atomic E-state index is 12.1. The van der Waals surface area contributed by atoms with Crippen LogP contribution in [0.2, 0.25) is 0 Å². The first-order valence-corrected chi connectivity index (χ1v) is 6.84. The molecule has 6 nitrogen and oxygen atoms in total. The number of hydrogen-bond donors (Lipinski definition) is 2. The van der Waals surface area contributed by atoms with Gasteiger partial charge in [0, 0.05) is 18.7 Å². The minimum atomic E-state index is -0.115. The number of hydrazine groups is 1. The van der Waals surface area contributed by atoms with Gasteiger partial charge in [0.2, 0.25) is 0 Å². The number of nitrogens with two attached hydrogens (primary N) is 1. The van der Waals surface area contributed by atoms with Crippen molar-refractivity contribution in [3.8, 4) is 0 Å². The van der Waals surface area contributed by atoms with Gasteiger partial charge in [0.25, 0.3) is 5.91 Å². The van der Waals surface area contributed by atoms with E-state index in [0.717, 1.165) is 10.2 Å². The summed E-state index contributed by atoms with van der Waals surface area (Å²) in [4.78, 5) is 16.3. The van der Waals surface area contributed by atoms with Gasteiger partial charge in [-0.05, 0) is 18.2 Å². The number of anilines is 1. The number of morpholine rings is 1. The van der Waals surface area contributed by atoms with Crippen LogP contribution < -0.4 is 11.2 Å². The van der Waals surface area contributed by atoms with Gasteiger partial charge in [-0.3, -0.25) is 10.2 Å². The van der Waals surface area contributed by atoms with Crippen LogP contribution in [0.15, 0.2) is 18.2 Å². The molecule has 100 valence electrons. The Morgan fingerprint density at radius 3 is 3.00 bits per heavy atom. The zero-order chi connectivity index (χ0) is 13.2. The molecule has 1 saturated heterocycles. The molecule has 1 fully saturated rings. The Hall–Kier alpha value is -1.70. The van der Waals surface area contributed by atoms with E-state index in [9.17, 15) is 4.79 Å². The van der Waals surface area contributed by atoms with E-state index in [2.05, 4.69) is 10.4 Å². The van der Waals surface area contributed by atoms with Crippen LogP contribution in [0.4, 0.5) is 5.13 Å². The van der Waals surface area contributed by atoms with Crippen molar-refractivity contribution in [1.82, 2.24) is 15.4 Å². The molecule has 0 unspecified atom stereocenters. The topological polar surface area (TPSA) is 80.5 Å². The molecule has 0 saturated carbocycles. The molecular weight excluding hydrogens is 264 g/mol. The normalized spacial score (nSPS) is 16.6. The quantitative estimate of drug-likeness (QED) is 0.851. The van der Waals surface area contributed by atoms with Gasteiger partial charge < -0.3 is 10.5 Å². The predicted molar refractivity (Wildman–Crippen MR) is 73.9 cm³/mol. The highest BCUT2D eigenvalue weighted by Gasteiger charge is 2.15. The number of nitrogen functional groups attached to an aromatic ring is 1. The number of rotatable bonds is 2. The first-order chi connectivity index (χ1) is 9.22. The number of ether oxygens (including phenoxy) is 1. The van der Waals surface area contributed by atoms with E-state index in [4.69, 9.17) is 10.5 Å². The second kappa shape index (κ2) is 5.12. The van der Waals surface area contributed by atoms with Crippen LogP contribution in [-0.2, 0) is 4.74 Å². The van der Waals surface area contributed by atoms with E-state index in [1.54, 1.807) is 6.07 Å². The summed E-state index contributed by atoms with van der Waals surface area (Å²) in [6.07, 6.45) is 0. The summed E-state index contributed by atoms with van der Waals surface area (Å²) in [5.74, 6) is -0.115. The van der Waals surface area contributed by atoms with E-state index < -0.39 is 0 Å². The van der Waals surface area contributed by atoms with Gasteiger partial charge in [0.05, 0.1) is 23.4 Å². The number of amides is 1. The van der Waals surface area contributed by atoms with E-state index in [1.807, 2.05) is 17.1 Å². The molecule has 0 aliphatic carbocycles. The molecule has 0 bridgehead atoms. The van der Waals surface area contributed by atoms with Crippen molar-refractivity contribution >= 4 is 32.6 Å². The molecule has 1 amide bonds. The molecule has 0 atom stereocenters. The zero-order valence-electron chi connectivity index (χ0n) is 10.3. The molecule has 0 radical (unpaired) electrons. The summed E-state index contributed by atoms with van der Waals surface area (Å²) < 4.78 is 6.16.